The highest BCUT2D eigenvalue weighted by Gasteiger charge is 2.41. The molecule has 1 aliphatic carbocycles. The molecule has 0 spiro atoms. The summed E-state index contributed by atoms with van der Waals surface area (Å²) in [5, 5.41) is 12.4. The summed E-state index contributed by atoms with van der Waals surface area (Å²) in [6, 6.07) is 6.83. The Morgan fingerprint density at radius 2 is 2.00 bits per heavy atom. The van der Waals surface area contributed by atoms with E-state index in [2.05, 4.69) is 10.0 Å². The van der Waals surface area contributed by atoms with Crippen LogP contribution in [0.4, 0.5) is 5.69 Å². The Balaban J connectivity index is 2.17. The van der Waals surface area contributed by atoms with E-state index in [1.165, 1.54) is 0 Å². The molecule has 0 saturated heterocycles. The number of benzene rings is 1. The van der Waals surface area contributed by atoms with Crippen LogP contribution in [-0.4, -0.2) is 33.2 Å². The quantitative estimate of drug-likeness (QED) is 0.702. The number of anilines is 1. The van der Waals surface area contributed by atoms with Gasteiger partial charge < -0.3 is 10.4 Å². The SMILES string of the molecule is CCNS(=O)(=O)c1ccccc1NCC1(CO)CC1. The molecule has 0 unspecified atom stereocenters. The van der Waals surface area contributed by atoms with Crippen molar-refractivity contribution in [2.45, 2.75) is 24.7 Å². The molecular weight excluding hydrogens is 264 g/mol. The zero-order chi connectivity index (χ0) is 13.9. The van der Waals surface area contributed by atoms with Crippen LogP contribution in [0, 0.1) is 5.41 Å². The lowest BCUT2D eigenvalue weighted by atomic mass is 10.1. The molecule has 0 heterocycles. The predicted octanol–water partition coefficient (Wildman–Crippen LogP) is 1.17. The summed E-state index contributed by atoms with van der Waals surface area (Å²) >= 11 is 0. The third-order valence-electron chi connectivity index (χ3n) is 3.46. The van der Waals surface area contributed by atoms with Crippen molar-refractivity contribution in [3.8, 4) is 0 Å². The second kappa shape index (κ2) is 5.48. The zero-order valence-electron chi connectivity index (χ0n) is 11.0. The van der Waals surface area contributed by atoms with Gasteiger partial charge in [0.1, 0.15) is 4.90 Å². The Morgan fingerprint density at radius 3 is 2.58 bits per heavy atom. The fourth-order valence-corrected chi connectivity index (χ4v) is 3.19. The largest absolute Gasteiger partial charge is 0.396 e. The van der Waals surface area contributed by atoms with Crippen LogP contribution in [0.1, 0.15) is 19.8 Å². The third kappa shape index (κ3) is 3.26. The number of para-hydroxylation sites is 1. The number of hydrogen-bond donors (Lipinski definition) is 3. The lowest BCUT2D eigenvalue weighted by Crippen LogP contribution is -2.25. The molecule has 0 amide bonds. The van der Waals surface area contributed by atoms with Gasteiger partial charge >= 0.3 is 0 Å². The van der Waals surface area contributed by atoms with E-state index in [1.54, 1.807) is 31.2 Å². The highest BCUT2D eigenvalue weighted by atomic mass is 32.2. The van der Waals surface area contributed by atoms with Crippen LogP contribution in [0.25, 0.3) is 0 Å². The summed E-state index contributed by atoms with van der Waals surface area (Å²) in [5.74, 6) is 0. The Hall–Kier alpha value is -1.11. The molecule has 0 aliphatic heterocycles. The molecular formula is C13H20N2O3S. The van der Waals surface area contributed by atoms with Crippen molar-refractivity contribution in [2.75, 3.05) is 25.0 Å². The molecule has 3 N–H and O–H groups in total. The molecule has 0 bridgehead atoms. The number of aliphatic hydroxyl groups excluding tert-OH is 1. The monoisotopic (exact) mass is 284 g/mol. The number of aliphatic hydroxyl groups is 1. The summed E-state index contributed by atoms with van der Waals surface area (Å²) in [6.45, 7) is 2.85. The predicted molar refractivity (Wildman–Crippen MR) is 74.5 cm³/mol. The number of nitrogens with one attached hydrogen (secondary N) is 2. The van der Waals surface area contributed by atoms with Gasteiger partial charge in [0.05, 0.1) is 12.3 Å². The van der Waals surface area contributed by atoms with Crippen LogP contribution in [0.3, 0.4) is 0 Å². The first-order valence-electron chi connectivity index (χ1n) is 6.46. The normalized spacial score (nSPS) is 17.2. The van der Waals surface area contributed by atoms with Crippen LogP contribution in [0.2, 0.25) is 0 Å². The number of rotatable bonds is 7. The molecule has 1 saturated carbocycles. The lowest BCUT2D eigenvalue weighted by molar-refractivity contribution is 0.219. The summed E-state index contributed by atoms with van der Waals surface area (Å²) < 4.78 is 26.6. The average Bonchev–Trinajstić information content (AvgIpc) is 3.17. The maximum absolute atomic E-state index is 12.1. The van der Waals surface area contributed by atoms with Crippen LogP contribution in [0.5, 0.6) is 0 Å². The minimum Gasteiger partial charge on any atom is -0.396 e. The molecule has 6 heteroatoms. The van der Waals surface area contributed by atoms with E-state index in [0.717, 1.165) is 12.8 Å². The second-order valence-corrected chi connectivity index (χ2v) is 6.74. The smallest absolute Gasteiger partial charge is 0.242 e. The Labute approximate surface area is 114 Å². The maximum atomic E-state index is 12.1. The van der Waals surface area contributed by atoms with Gasteiger partial charge in [-0.15, -0.1) is 0 Å². The Morgan fingerprint density at radius 1 is 1.32 bits per heavy atom. The van der Waals surface area contributed by atoms with E-state index >= 15 is 0 Å². The van der Waals surface area contributed by atoms with Gasteiger partial charge in [0, 0.05) is 18.5 Å². The Bertz CT molecular complexity index is 539. The van der Waals surface area contributed by atoms with E-state index in [0.29, 0.717) is 18.8 Å². The number of hydrogen-bond acceptors (Lipinski definition) is 4. The van der Waals surface area contributed by atoms with Gasteiger partial charge in [-0.05, 0) is 25.0 Å². The molecule has 0 aromatic heterocycles. The van der Waals surface area contributed by atoms with Crippen molar-refractivity contribution in [3.05, 3.63) is 24.3 Å². The Kier molecular flexibility index (Phi) is 4.13. The molecule has 2 rings (SSSR count). The van der Waals surface area contributed by atoms with Crippen LogP contribution >= 0.6 is 0 Å². The topological polar surface area (TPSA) is 78.4 Å². The average molecular weight is 284 g/mol. The van der Waals surface area contributed by atoms with E-state index < -0.39 is 10.0 Å². The molecule has 1 aliphatic rings. The van der Waals surface area contributed by atoms with Gasteiger partial charge in [-0.1, -0.05) is 19.1 Å². The van der Waals surface area contributed by atoms with Crippen LogP contribution in [-0.2, 0) is 10.0 Å². The van der Waals surface area contributed by atoms with Gasteiger partial charge in [-0.2, -0.15) is 0 Å². The van der Waals surface area contributed by atoms with Crippen molar-refractivity contribution in [3.63, 3.8) is 0 Å². The summed E-state index contributed by atoms with van der Waals surface area (Å²) in [4.78, 5) is 0.255. The first kappa shape index (κ1) is 14.3. The second-order valence-electron chi connectivity index (χ2n) is 5.01. The highest BCUT2D eigenvalue weighted by molar-refractivity contribution is 7.89. The molecule has 0 radical (unpaired) electrons. The van der Waals surface area contributed by atoms with Crippen molar-refractivity contribution in [2.24, 2.45) is 5.41 Å². The highest BCUT2D eigenvalue weighted by Crippen LogP contribution is 2.45. The van der Waals surface area contributed by atoms with Gasteiger partial charge in [0.15, 0.2) is 0 Å². The molecule has 1 fully saturated rings. The summed E-state index contributed by atoms with van der Waals surface area (Å²) in [6.07, 6.45) is 1.97. The van der Waals surface area contributed by atoms with Crippen LogP contribution < -0.4 is 10.0 Å². The van der Waals surface area contributed by atoms with E-state index in [9.17, 15) is 13.5 Å². The van der Waals surface area contributed by atoms with E-state index in [4.69, 9.17) is 0 Å². The molecule has 1 aromatic carbocycles. The fraction of sp³-hybridized carbons (Fsp3) is 0.538. The summed E-state index contributed by atoms with van der Waals surface area (Å²) in [7, 11) is -3.47. The molecule has 5 nitrogen and oxygen atoms in total. The van der Waals surface area contributed by atoms with E-state index in [-0.39, 0.29) is 16.9 Å². The molecule has 19 heavy (non-hydrogen) atoms. The minimum absolute atomic E-state index is 0.0605. The van der Waals surface area contributed by atoms with Gasteiger partial charge in [0.2, 0.25) is 10.0 Å². The molecule has 0 atom stereocenters. The number of sulfonamides is 1. The minimum atomic E-state index is -3.47. The summed E-state index contributed by atoms with van der Waals surface area (Å²) in [5.41, 5.74) is 0.526. The van der Waals surface area contributed by atoms with Crippen molar-refractivity contribution < 1.29 is 13.5 Å². The van der Waals surface area contributed by atoms with Crippen molar-refractivity contribution >= 4 is 15.7 Å². The standard InChI is InChI=1S/C13H20N2O3S/c1-2-15-19(17,18)12-6-4-3-5-11(12)14-9-13(10-16)7-8-13/h3-6,14-16H,2,7-10H2,1H3. The van der Waals surface area contributed by atoms with Crippen molar-refractivity contribution in [1.82, 2.24) is 4.72 Å². The van der Waals surface area contributed by atoms with Crippen LogP contribution in [0.15, 0.2) is 29.2 Å². The van der Waals surface area contributed by atoms with Gasteiger partial charge in [-0.25, -0.2) is 13.1 Å². The van der Waals surface area contributed by atoms with Gasteiger partial charge in [0.25, 0.3) is 0 Å². The first-order valence-corrected chi connectivity index (χ1v) is 7.95. The zero-order valence-corrected chi connectivity index (χ0v) is 11.8. The molecule has 1 aromatic rings. The first-order chi connectivity index (χ1) is 9.03. The van der Waals surface area contributed by atoms with Gasteiger partial charge in [-0.3, -0.25) is 0 Å². The maximum Gasteiger partial charge on any atom is 0.242 e. The van der Waals surface area contributed by atoms with Crippen molar-refractivity contribution in [1.29, 1.82) is 0 Å². The lowest BCUT2D eigenvalue weighted by Gasteiger charge is -2.16. The third-order valence-corrected chi connectivity index (χ3v) is 5.06. The molecule has 106 valence electrons. The van der Waals surface area contributed by atoms with E-state index in [1.807, 2.05) is 0 Å². The fourth-order valence-electron chi connectivity index (χ4n) is 1.97.